The van der Waals surface area contributed by atoms with Crippen LogP contribution in [-0.4, -0.2) is 18.8 Å². The molecule has 0 aliphatic rings. The Morgan fingerprint density at radius 3 is 2.35 bits per heavy atom. The summed E-state index contributed by atoms with van der Waals surface area (Å²) in [4.78, 5) is 0. The van der Waals surface area contributed by atoms with E-state index in [1.165, 1.54) is 0 Å². The Bertz CT molecular complexity index is 404. The summed E-state index contributed by atoms with van der Waals surface area (Å²) in [6.45, 7) is 5.04. The summed E-state index contributed by atoms with van der Waals surface area (Å²) < 4.78 is 41.4. The van der Waals surface area contributed by atoms with Crippen molar-refractivity contribution in [2.45, 2.75) is 45.8 Å². The minimum atomic E-state index is -4.32. The molecule has 0 spiro atoms. The van der Waals surface area contributed by atoms with E-state index in [-0.39, 0.29) is 11.8 Å². The molecule has 5 heteroatoms. The van der Waals surface area contributed by atoms with Gasteiger partial charge in [0, 0.05) is 6.04 Å². The lowest BCUT2D eigenvalue weighted by atomic mass is 10.0. The highest BCUT2D eigenvalue weighted by atomic mass is 19.4. The summed E-state index contributed by atoms with van der Waals surface area (Å²) in [5.74, 6) is 0.845. The quantitative estimate of drug-likeness (QED) is 0.773. The van der Waals surface area contributed by atoms with Gasteiger partial charge >= 0.3 is 6.18 Å². The summed E-state index contributed by atoms with van der Waals surface area (Å²) in [5, 5.41) is 3.21. The largest absolute Gasteiger partial charge is 0.482 e. The number of nitrogens with one attached hydrogen (secondary N) is 1. The lowest BCUT2D eigenvalue weighted by Gasteiger charge is -2.19. The molecule has 1 N–H and O–H groups in total. The average Bonchev–Trinajstić information content (AvgIpc) is 2.34. The zero-order valence-electron chi connectivity index (χ0n) is 12.1. The lowest BCUT2D eigenvalue weighted by molar-refractivity contribution is -0.153. The molecule has 1 aromatic carbocycles. The number of rotatable bonds is 7. The Labute approximate surface area is 118 Å². The second kappa shape index (κ2) is 7.41. The lowest BCUT2D eigenvalue weighted by Crippen LogP contribution is -2.21. The molecule has 0 aromatic heterocycles. The first-order valence-electron chi connectivity index (χ1n) is 6.83. The van der Waals surface area contributed by atoms with Gasteiger partial charge in [0.15, 0.2) is 6.61 Å². The van der Waals surface area contributed by atoms with Crippen LogP contribution < -0.4 is 10.1 Å². The molecule has 2 nitrogen and oxygen atoms in total. The van der Waals surface area contributed by atoms with Gasteiger partial charge in [-0.25, -0.2) is 0 Å². The molecule has 0 amide bonds. The van der Waals surface area contributed by atoms with Crippen molar-refractivity contribution in [2.24, 2.45) is 5.92 Å². The number of para-hydroxylation sites is 2. The maximum Gasteiger partial charge on any atom is 0.422 e. The molecule has 1 atom stereocenters. The van der Waals surface area contributed by atoms with Crippen LogP contribution in [0.4, 0.5) is 18.9 Å². The molecule has 0 aliphatic heterocycles. The van der Waals surface area contributed by atoms with E-state index in [9.17, 15) is 13.2 Å². The summed E-state index contributed by atoms with van der Waals surface area (Å²) in [6, 6.07) is 6.90. The Balaban J connectivity index is 2.60. The van der Waals surface area contributed by atoms with Crippen molar-refractivity contribution in [3.05, 3.63) is 24.3 Å². The normalized spacial score (nSPS) is 13.3. The molecule has 0 saturated heterocycles. The van der Waals surface area contributed by atoms with Crippen molar-refractivity contribution in [1.82, 2.24) is 0 Å². The highest BCUT2D eigenvalue weighted by Crippen LogP contribution is 2.27. The highest BCUT2D eigenvalue weighted by Gasteiger charge is 2.28. The summed E-state index contributed by atoms with van der Waals surface area (Å²) in [5.41, 5.74) is 0.605. The number of anilines is 1. The van der Waals surface area contributed by atoms with Gasteiger partial charge in [0.1, 0.15) is 5.75 Å². The first-order valence-corrected chi connectivity index (χ1v) is 6.83. The van der Waals surface area contributed by atoms with Crippen molar-refractivity contribution in [2.75, 3.05) is 11.9 Å². The van der Waals surface area contributed by atoms with Crippen LogP contribution in [0.2, 0.25) is 0 Å². The van der Waals surface area contributed by atoms with E-state index in [4.69, 9.17) is 4.74 Å². The molecule has 0 bridgehead atoms. The predicted octanol–water partition coefficient (Wildman–Crippen LogP) is 4.86. The second-order valence-corrected chi connectivity index (χ2v) is 5.42. The fraction of sp³-hybridized carbons (Fsp3) is 0.600. The number of hydrogen-bond donors (Lipinski definition) is 1. The Morgan fingerprint density at radius 2 is 1.75 bits per heavy atom. The monoisotopic (exact) mass is 289 g/mol. The molecule has 0 heterocycles. The summed E-state index contributed by atoms with van der Waals surface area (Å²) >= 11 is 0. The fourth-order valence-electron chi connectivity index (χ4n) is 1.79. The summed E-state index contributed by atoms with van der Waals surface area (Å²) in [6.07, 6.45) is -2.29. The van der Waals surface area contributed by atoms with Crippen LogP contribution in [-0.2, 0) is 0 Å². The first-order chi connectivity index (χ1) is 9.28. The SMILES string of the molecule is CC(C)CCC(C)Nc1ccccc1OCC(F)(F)F. The number of hydrogen-bond acceptors (Lipinski definition) is 2. The number of ether oxygens (including phenoxy) is 1. The van der Waals surface area contributed by atoms with Crippen molar-refractivity contribution in [1.29, 1.82) is 0 Å². The molecule has 1 unspecified atom stereocenters. The minimum absolute atomic E-state index is 0.188. The van der Waals surface area contributed by atoms with Gasteiger partial charge in [0.05, 0.1) is 5.69 Å². The van der Waals surface area contributed by atoms with Gasteiger partial charge < -0.3 is 10.1 Å². The van der Waals surface area contributed by atoms with Gasteiger partial charge in [-0.1, -0.05) is 26.0 Å². The minimum Gasteiger partial charge on any atom is -0.482 e. The van der Waals surface area contributed by atoms with Crippen LogP contribution in [0.25, 0.3) is 0 Å². The number of halogens is 3. The van der Waals surface area contributed by atoms with Crippen molar-refractivity contribution in [3.8, 4) is 5.75 Å². The third kappa shape index (κ3) is 6.68. The molecule has 20 heavy (non-hydrogen) atoms. The Hall–Kier alpha value is -1.39. The first kappa shape index (κ1) is 16.7. The van der Waals surface area contributed by atoms with Crippen molar-refractivity contribution < 1.29 is 17.9 Å². The highest BCUT2D eigenvalue weighted by molar-refractivity contribution is 5.56. The van der Waals surface area contributed by atoms with Crippen LogP contribution in [0.5, 0.6) is 5.75 Å². The van der Waals surface area contributed by atoms with E-state index >= 15 is 0 Å². The van der Waals surface area contributed by atoms with E-state index < -0.39 is 12.8 Å². The maximum absolute atomic E-state index is 12.2. The van der Waals surface area contributed by atoms with Gasteiger partial charge in [-0.15, -0.1) is 0 Å². The Morgan fingerprint density at radius 1 is 1.10 bits per heavy atom. The standard InChI is InChI=1S/C15H22F3NO/c1-11(2)8-9-12(3)19-13-6-4-5-7-14(13)20-10-15(16,17)18/h4-7,11-12,19H,8-10H2,1-3H3. The van der Waals surface area contributed by atoms with Crippen LogP contribution in [0.1, 0.15) is 33.6 Å². The third-order valence-corrected chi connectivity index (χ3v) is 2.86. The third-order valence-electron chi connectivity index (χ3n) is 2.86. The molecule has 1 rings (SSSR count). The van der Waals surface area contributed by atoms with Crippen molar-refractivity contribution >= 4 is 5.69 Å². The van der Waals surface area contributed by atoms with Gasteiger partial charge in [0.25, 0.3) is 0 Å². The van der Waals surface area contributed by atoms with Crippen LogP contribution in [0.3, 0.4) is 0 Å². The fourth-order valence-corrected chi connectivity index (χ4v) is 1.79. The van der Waals surface area contributed by atoms with Gasteiger partial charge in [-0.2, -0.15) is 13.2 Å². The number of alkyl halides is 3. The topological polar surface area (TPSA) is 21.3 Å². The van der Waals surface area contributed by atoms with E-state index in [1.807, 2.05) is 6.92 Å². The van der Waals surface area contributed by atoms with Crippen LogP contribution in [0.15, 0.2) is 24.3 Å². The smallest absolute Gasteiger partial charge is 0.422 e. The van der Waals surface area contributed by atoms with Gasteiger partial charge in [0.2, 0.25) is 0 Å². The molecule has 0 saturated carbocycles. The Kier molecular flexibility index (Phi) is 6.17. The van der Waals surface area contributed by atoms with Crippen LogP contribution in [0, 0.1) is 5.92 Å². The van der Waals surface area contributed by atoms with Crippen molar-refractivity contribution in [3.63, 3.8) is 0 Å². The van der Waals surface area contributed by atoms with E-state index in [0.717, 1.165) is 12.8 Å². The zero-order valence-corrected chi connectivity index (χ0v) is 12.1. The van der Waals surface area contributed by atoms with Crippen LogP contribution >= 0.6 is 0 Å². The predicted molar refractivity (Wildman–Crippen MR) is 75.1 cm³/mol. The zero-order chi connectivity index (χ0) is 15.2. The molecular formula is C15H22F3NO. The van der Waals surface area contributed by atoms with Gasteiger partial charge in [-0.05, 0) is 37.8 Å². The molecule has 0 radical (unpaired) electrons. The molecule has 0 fully saturated rings. The van der Waals surface area contributed by atoms with Gasteiger partial charge in [-0.3, -0.25) is 0 Å². The molecule has 114 valence electrons. The second-order valence-electron chi connectivity index (χ2n) is 5.42. The van der Waals surface area contributed by atoms with E-state index in [1.54, 1.807) is 24.3 Å². The summed E-state index contributed by atoms with van der Waals surface area (Å²) in [7, 11) is 0. The number of benzene rings is 1. The van der Waals surface area contributed by atoms with E-state index in [0.29, 0.717) is 11.6 Å². The molecule has 1 aromatic rings. The molecule has 0 aliphatic carbocycles. The van der Waals surface area contributed by atoms with E-state index in [2.05, 4.69) is 19.2 Å². The molecular weight excluding hydrogens is 267 g/mol. The average molecular weight is 289 g/mol. The maximum atomic E-state index is 12.2.